The summed E-state index contributed by atoms with van der Waals surface area (Å²) in [5.41, 5.74) is 0. The standard InChI is InChI=1S/C11H23NO2/c1-9(2)5-6-12-10-7-13-11(3,4)14-8-10/h9-10,12H,5-8H2,1-4H3. The molecule has 0 amide bonds. The van der Waals surface area contributed by atoms with E-state index in [-0.39, 0.29) is 0 Å². The van der Waals surface area contributed by atoms with Gasteiger partial charge in [0.2, 0.25) is 0 Å². The predicted molar refractivity (Wildman–Crippen MR) is 57.2 cm³/mol. The van der Waals surface area contributed by atoms with Gasteiger partial charge in [0, 0.05) is 0 Å². The van der Waals surface area contributed by atoms with Crippen molar-refractivity contribution in [2.75, 3.05) is 19.8 Å². The molecule has 1 rings (SSSR count). The molecule has 1 heterocycles. The molecule has 1 N–H and O–H groups in total. The molecule has 84 valence electrons. The molecule has 3 heteroatoms. The molecule has 0 radical (unpaired) electrons. The minimum atomic E-state index is -0.393. The summed E-state index contributed by atoms with van der Waals surface area (Å²) in [6.45, 7) is 10.9. The third-order valence-corrected chi connectivity index (χ3v) is 2.42. The van der Waals surface area contributed by atoms with Crippen LogP contribution in [0.3, 0.4) is 0 Å². The monoisotopic (exact) mass is 201 g/mol. The van der Waals surface area contributed by atoms with Gasteiger partial charge in [-0.15, -0.1) is 0 Å². The van der Waals surface area contributed by atoms with Crippen molar-refractivity contribution in [2.24, 2.45) is 5.92 Å². The lowest BCUT2D eigenvalue weighted by Crippen LogP contribution is -2.48. The van der Waals surface area contributed by atoms with Crippen LogP contribution in [0.25, 0.3) is 0 Å². The predicted octanol–water partition coefficient (Wildman–Crippen LogP) is 1.77. The van der Waals surface area contributed by atoms with Crippen molar-refractivity contribution in [1.82, 2.24) is 5.32 Å². The maximum absolute atomic E-state index is 5.55. The maximum Gasteiger partial charge on any atom is 0.162 e. The first-order chi connectivity index (χ1) is 6.49. The average molecular weight is 201 g/mol. The second kappa shape index (κ2) is 5.10. The first-order valence-corrected chi connectivity index (χ1v) is 5.51. The Balaban J connectivity index is 2.10. The molecular weight excluding hydrogens is 178 g/mol. The van der Waals surface area contributed by atoms with Gasteiger partial charge in [0.05, 0.1) is 19.3 Å². The molecule has 0 unspecified atom stereocenters. The quantitative estimate of drug-likeness (QED) is 0.752. The van der Waals surface area contributed by atoms with E-state index in [0.29, 0.717) is 6.04 Å². The van der Waals surface area contributed by atoms with E-state index >= 15 is 0 Å². The molecule has 1 aliphatic rings. The summed E-state index contributed by atoms with van der Waals surface area (Å²) in [4.78, 5) is 0. The topological polar surface area (TPSA) is 30.5 Å². The van der Waals surface area contributed by atoms with Crippen molar-refractivity contribution in [2.45, 2.75) is 45.9 Å². The Hall–Kier alpha value is -0.120. The lowest BCUT2D eigenvalue weighted by molar-refractivity contribution is -0.252. The smallest absolute Gasteiger partial charge is 0.162 e. The van der Waals surface area contributed by atoms with Gasteiger partial charge < -0.3 is 14.8 Å². The summed E-state index contributed by atoms with van der Waals surface area (Å²) in [7, 11) is 0. The zero-order chi connectivity index (χ0) is 10.6. The van der Waals surface area contributed by atoms with E-state index in [1.165, 1.54) is 6.42 Å². The van der Waals surface area contributed by atoms with E-state index in [0.717, 1.165) is 25.7 Å². The normalized spacial score (nSPS) is 22.9. The van der Waals surface area contributed by atoms with Crippen LogP contribution in [0.15, 0.2) is 0 Å². The molecular formula is C11H23NO2. The molecule has 0 aromatic carbocycles. The van der Waals surface area contributed by atoms with Crippen molar-refractivity contribution >= 4 is 0 Å². The van der Waals surface area contributed by atoms with E-state index in [4.69, 9.17) is 9.47 Å². The van der Waals surface area contributed by atoms with Crippen LogP contribution in [-0.4, -0.2) is 31.6 Å². The van der Waals surface area contributed by atoms with Crippen LogP contribution in [0.5, 0.6) is 0 Å². The number of rotatable bonds is 4. The SMILES string of the molecule is CC(C)CCNC1COC(C)(C)OC1. The molecule has 0 aliphatic carbocycles. The van der Waals surface area contributed by atoms with E-state index in [9.17, 15) is 0 Å². The molecule has 0 saturated carbocycles. The highest BCUT2D eigenvalue weighted by atomic mass is 16.7. The summed E-state index contributed by atoms with van der Waals surface area (Å²) in [6, 6.07) is 0.363. The molecule has 1 aliphatic heterocycles. The molecule has 0 bridgehead atoms. The highest BCUT2D eigenvalue weighted by Crippen LogP contribution is 2.16. The van der Waals surface area contributed by atoms with Gasteiger partial charge in [-0.3, -0.25) is 0 Å². The second-order valence-corrected chi connectivity index (χ2v) is 4.86. The number of nitrogens with one attached hydrogen (secondary N) is 1. The van der Waals surface area contributed by atoms with Gasteiger partial charge in [-0.25, -0.2) is 0 Å². The molecule has 3 nitrogen and oxygen atoms in total. The van der Waals surface area contributed by atoms with Crippen LogP contribution >= 0.6 is 0 Å². The zero-order valence-electron chi connectivity index (χ0n) is 9.80. The van der Waals surface area contributed by atoms with Crippen molar-refractivity contribution in [3.8, 4) is 0 Å². The molecule has 1 fully saturated rings. The zero-order valence-corrected chi connectivity index (χ0v) is 9.80. The number of hydrogen-bond acceptors (Lipinski definition) is 3. The third-order valence-electron chi connectivity index (χ3n) is 2.42. The first-order valence-electron chi connectivity index (χ1n) is 5.51. The van der Waals surface area contributed by atoms with Gasteiger partial charge >= 0.3 is 0 Å². The number of ether oxygens (including phenoxy) is 2. The Bertz CT molecular complexity index is 159. The Morgan fingerprint density at radius 2 is 1.86 bits per heavy atom. The molecule has 0 atom stereocenters. The lowest BCUT2D eigenvalue weighted by Gasteiger charge is -2.35. The van der Waals surface area contributed by atoms with Gasteiger partial charge in [-0.2, -0.15) is 0 Å². The fraction of sp³-hybridized carbons (Fsp3) is 1.00. The number of hydrogen-bond donors (Lipinski definition) is 1. The minimum absolute atomic E-state index is 0.363. The van der Waals surface area contributed by atoms with Gasteiger partial charge in [-0.05, 0) is 32.7 Å². The van der Waals surface area contributed by atoms with Crippen LogP contribution in [-0.2, 0) is 9.47 Å². The van der Waals surface area contributed by atoms with E-state index in [1.54, 1.807) is 0 Å². The lowest BCUT2D eigenvalue weighted by atomic mass is 10.1. The van der Waals surface area contributed by atoms with Crippen molar-refractivity contribution < 1.29 is 9.47 Å². The summed E-state index contributed by atoms with van der Waals surface area (Å²) in [5.74, 6) is 0.361. The van der Waals surface area contributed by atoms with Gasteiger partial charge in [-0.1, -0.05) is 13.8 Å². The summed E-state index contributed by atoms with van der Waals surface area (Å²) in [6.07, 6.45) is 1.21. The maximum atomic E-state index is 5.55. The second-order valence-electron chi connectivity index (χ2n) is 4.86. The van der Waals surface area contributed by atoms with Gasteiger partial charge in [0.25, 0.3) is 0 Å². The van der Waals surface area contributed by atoms with E-state index < -0.39 is 5.79 Å². The molecule has 0 aromatic rings. The molecule has 0 aromatic heterocycles. The van der Waals surface area contributed by atoms with Crippen LogP contribution in [0.2, 0.25) is 0 Å². The fourth-order valence-corrected chi connectivity index (χ4v) is 1.39. The Morgan fingerprint density at radius 3 is 2.36 bits per heavy atom. The first kappa shape index (κ1) is 12.0. The Kier molecular flexibility index (Phi) is 4.35. The summed E-state index contributed by atoms with van der Waals surface area (Å²) in [5, 5.41) is 3.44. The van der Waals surface area contributed by atoms with Crippen LogP contribution in [0.4, 0.5) is 0 Å². The largest absolute Gasteiger partial charge is 0.349 e. The van der Waals surface area contributed by atoms with E-state index in [2.05, 4.69) is 19.2 Å². The highest BCUT2D eigenvalue weighted by molar-refractivity contribution is 4.73. The molecule has 14 heavy (non-hydrogen) atoms. The van der Waals surface area contributed by atoms with Crippen LogP contribution in [0.1, 0.15) is 34.1 Å². The highest BCUT2D eigenvalue weighted by Gasteiger charge is 2.27. The summed E-state index contributed by atoms with van der Waals surface area (Å²) >= 11 is 0. The van der Waals surface area contributed by atoms with Crippen LogP contribution < -0.4 is 5.32 Å². The Labute approximate surface area is 87.2 Å². The fourth-order valence-electron chi connectivity index (χ4n) is 1.39. The third kappa shape index (κ3) is 4.40. The minimum Gasteiger partial charge on any atom is -0.349 e. The van der Waals surface area contributed by atoms with Crippen LogP contribution in [0, 0.1) is 5.92 Å². The van der Waals surface area contributed by atoms with Crippen molar-refractivity contribution in [3.63, 3.8) is 0 Å². The summed E-state index contributed by atoms with van der Waals surface area (Å²) < 4.78 is 11.1. The van der Waals surface area contributed by atoms with Gasteiger partial charge in [0.15, 0.2) is 5.79 Å². The van der Waals surface area contributed by atoms with Crippen molar-refractivity contribution in [3.05, 3.63) is 0 Å². The van der Waals surface area contributed by atoms with Crippen molar-refractivity contribution in [1.29, 1.82) is 0 Å². The average Bonchev–Trinajstić information content (AvgIpc) is 2.07. The molecule has 0 spiro atoms. The molecule has 1 saturated heterocycles. The van der Waals surface area contributed by atoms with E-state index in [1.807, 2.05) is 13.8 Å². The Morgan fingerprint density at radius 1 is 1.29 bits per heavy atom. The van der Waals surface area contributed by atoms with Gasteiger partial charge in [0.1, 0.15) is 0 Å².